The second-order valence-corrected chi connectivity index (χ2v) is 7.62. The smallest absolute Gasteiger partial charge is 0.0690 e. The van der Waals surface area contributed by atoms with E-state index in [9.17, 15) is 0 Å². The molecule has 3 heteroatoms. The molecule has 0 bridgehead atoms. The average molecular weight is 352 g/mol. The highest BCUT2D eigenvalue weighted by Crippen LogP contribution is 2.38. The Hall–Kier alpha value is 0.470. The van der Waals surface area contributed by atoms with E-state index in [2.05, 4.69) is 35.8 Å². The van der Waals surface area contributed by atoms with Crippen LogP contribution >= 0.6 is 38.9 Å². The van der Waals surface area contributed by atoms with Gasteiger partial charge in [0, 0.05) is 14.2 Å². The largest absolute Gasteiger partial charge is 0.143 e. The number of halogens is 2. The quantitative estimate of drug-likeness (QED) is 0.325. The zero-order valence-corrected chi connectivity index (χ0v) is 14.6. The van der Waals surface area contributed by atoms with Gasteiger partial charge in [0.1, 0.15) is 0 Å². The molecule has 0 aliphatic carbocycles. The van der Waals surface area contributed by atoms with Gasteiger partial charge in [0.2, 0.25) is 0 Å². The molecule has 1 atom stereocenters. The molecule has 0 amide bonds. The van der Waals surface area contributed by atoms with Crippen molar-refractivity contribution in [3.63, 3.8) is 0 Å². The summed E-state index contributed by atoms with van der Waals surface area (Å²) < 4.78 is 1.19. The molecule has 1 heterocycles. The fraction of sp³-hybridized carbons (Fsp3) is 0.733. The molecular formula is C15H24BrClS. The molecule has 18 heavy (non-hydrogen) atoms. The third kappa shape index (κ3) is 6.08. The highest BCUT2D eigenvalue weighted by molar-refractivity contribution is 9.10. The molecule has 0 N–H and O–H groups in total. The fourth-order valence-corrected chi connectivity index (χ4v) is 4.60. The van der Waals surface area contributed by atoms with Crippen molar-refractivity contribution in [2.24, 2.45) is 0 Å². The Bertz CT molecular complexity index is 335. The van der Waals surface area contributed by atoms with Crippen LogP contribution in [0.1, 0.15) is 73.4 Å². The number of hydrogen-bond acceptors (Lipinski definition) is 1. The number of unbranched alkanes of at least 4 members (excludes halogenated alkanes) is 6. The summed E-state index contributed by atoms with van der Waals surface area (Å²) >= 11 is 11.9. The number of hydrogen-bond donors (Lipinski definition) is 0. The number of thiophene rings is 1. The average Bonchev–Trinajstić information content (AvgIpc) is 2.67. The number of aryl methyl sites for hydroxylation is 1. The lowest BCUT2D eigenvalue weighted by Crippen LogP contribution is -1.88. The predicted octanol–water partition coefficient (Wildman–Crippen LogP) is 7.24. The second kappa shape index (κ2) is 9.39. The lowest BCUT2D eigenvalue weighted by molar-refractivity contribution is 0.573. The summed E-state index contributed by atoms with van der Waals surface area (Å²) in [6.07, 6.45) is 10.6. The molecule has 0 saturated carbocycles. The Morgan fingerprint density at radius 3 is 2.33 bits per heavy atom. The molecule has 0 nitrogen and oxygen atoms in total. The Kier molecular flexibility index (Phi) is 8.62. The molecule has 0 fully saturated rings. The first-order chi connectivity index (χ1) is 8.65. The normalized spacial score (nSPS) is 12.9. The molecule has 0 spiro atoms. The molecule has 0 saturated heterocycles. The van der Waals surface area contributed by atoms with Crippen molar-refractivity contribution in [1.82, 2.24) is 0 Å². The van der Waals surface area contributed by atoms with Gasteiger partial charge >= 0.3 is 0 Å². The monoisotopic (exact) mass is 350 g/mol. The lowest BCUT2D eigenvalue weighted by atomic mass is 10.1. The van der Waals surface area contributed by atoms with Gasteiger partial charge in [-0.3, -0.25) is 0 Å². The summed E-state index contributed by atoms with van der Waals surface area (Å²) in [5.41, 5.74) is 0. The summed E-state index contributed by atoms with van der Waals surface area (Å²) in [5, 5.41) is 0.189. The van der Waals surface area contributed by atoms with E-state index in [1.165, 1.54) is 59.2 Å². The summed E-state index contributed by atoms with van der Waals surface area (Å²) in [7, 11) is 0. The Labute approximate surface area is 129 Å². The Balaban J connectivity index is 2.14. The van der Waals surface area contributed by atoms with Crippen molar-refractivity contribution >= 4 is 38.9 Å². The topological polar surface area (TPSA) is 0 Å². The Morgan fingerprint density at radius 2 is 1.78 bits per heavy atom. The van der Waals surface area contributed by atoms with Crippen LogP contribution in [-0.4, -0.2) is 0 Å². The molecule has 0 aliphatic heterocycles. The second-order valence-electron chi connectivity index (χ2n) is 4.95. The first-order valence-electron chi connectivity index (χ1n) is 7.05. The fourth-order valence-electron chi connectivity index (χ4n) is 2.13. The molecule has 0 radical (unpaired) electrons. The van der Waals surface area contributed by atoms with Crippen molar-refractivity contribution in [2.75, 3.05) is 0 Å². The van der Waals surface area contributed by atoms with Gasteiger partial charge in [-0.05, 0) is 35.3 Å². The molecule has 1 rings (SSSR count). The standard InChI is InChI=1S/C15H24BrClS/c1-3-4-5-6-7-8-9-10-14(17)15-13(16)11-12(2)18-15/h11,14H,3-10H2,1-2H3. The summed E-state index contributed by atoms with van der Waals surface area (Å²) in [6, 6.07) is 2.17. The van der Waals surface area contributed by atoms with Crippen molar-refractivity contribution in [2.45, 2.75) is 70.6 Å². The van der Waals surface area contributed by atoms with Crippen LogP contribution in [0.3, 0.4) is 0 Å². The molecule has 0 aromatic carbocycles. The summed E-state index contributed by atoms with van der Waals surface area (Å²) in [4.78, 5) is 2.64. The van der Waals surface area contributed by atoms with Crippen LogP contribution in [0.2, 0.25) is 0 Å². The van der Waals surface area contributed by atoms with Crippen LogP contribution in [0, 0.1) is 6.92 Å². The maximum absolute atomic E-state index is 6.47. The minimum absolute atomic E-state index is 0.189. The van der Waals surface area contributed by atoms with Gasteiger partial charge in [0.25, 0.3) is 0 Å². The number of alkyl halides is 1. The maximum Gasteiger partial charge on any atom is 0.0690 e. The van der Waals surface area contributed by atoms with Gasteiger partial charge in [-0.25, -0.2) is 0 Å². The van der Waals surface area contributed by atoms with Crippen LogP contribution in [-0.2, 0) is 0 Å². The van der Waals surface area contributed by atoms with Gasteiger partial charge in [0.05, 0.1) is 5.38 Å². The van der Waals surface area contributed by atoms with Gasteiger partial charge in [-0.15, -0.1) is 22.9 Å². The summed E-state index contributed by atoms with van der Waals surface area (Å²) in [6.45, 7) is 4.40. The number of rotatable bonds is 9. The third-order valence-corrected chi connectivity index (χ3v) is 5.83. The van der Waals surface area contributed by atoms with E-state index in [0.717, 1.165) is 6.42 Å². The van der Waals surface area contributed by atoms with Crippen LogP contribution in [0.5, 0.6) is 0 Å². The molecule has 104 valence electrons. The first-order valence-corrected chi connectivity index (χ1v) is 9.09. The molecule has 1 aromatic rings. The van der Waals surface area contributed by atoms with E-state index in [4.69, 9.17) is 11.6 Å². The van der Waals surface area contributed by atoms with Crippen molar-refractivity contribution in [3.8, 4) is 0 Å². The molecule has 0 aliphatic rings. The van der Waals surface area contributed by atoms with Crippen LogP contribution in [0.4, 0.5) is 0 Å². The van der Waals surface area contributed by atoms with Gasteiger partial charge in [0.15, 0.2) is 0 Å². The third-order valence-electron chi connectivity index (χ3n) is 3.18. The van der Waals surface area contributed by atoms with Gasteiger partial charge < -0.3 is 0 Å². The minimum atomic E-state index is 0.189. The van der Waals surface area contributed by atoms with Gasteiger partial charge in [-0.1, -0.05) is 51.9 Å². The molecule has 1 unspecified atom stereocenters. The Morgan fingerprint density at radius 1 is 1.17 bits per heavy atom. The van der Waals surface area contributed by atoms with E-state index in [0.29, 0.717) is 0 Å². The highest BCUT2D eigenvalue weighted by atomic mass is 79.9. The van der Waals surface area contributed by atoms with E-state index in [1.807, 2.05) is 11.3 Å². The molecule has 1 aromatic heterocycles. The predicted molar refractivity (Wildman–Crippen MR) is 88.0 cm³/mol. The van der Waals surface area contributed by atoms with Crippen molar-refractivity contribution < 1.29 is 0 Å². The van der Waals surface area contributed by atoms with Crippen molar-refractivity contribution in [1.29, 1.82) is 0 Å². The van der Waals surface area contributed by atoms with Crippen LogP contribution in [0.15, 0.2) is 10.5 Å². The zero-order valence-electron chi connectivity index (χ0n) is 11.5. The maximum atomic E-state index is 6.47. The minimum Gasteiger partial charge on any atom is -0.143 e. The van der Waals surface area contributed by atoms with Gasteiger partial charge in [-0.2, -0.15) is 0 Å². The van der Waals surface area contributed by atoms with E-state index < -0.39 is 0 Å². The van der Waals surface area contributed by atoms with Crippen LogP contribution < -0.4 is 0 Å². The van der Waals surface area contributed by atoms with Crippen molar-refractivity contribution in [3.05, 3.63) is 20.3 Å². The highest BCUT2D eigenvalue weighted by Gasteiger charge is 2.14. The van der Waals surface area contributed by atoms with E-state index in [-0.39, 0.29) is 5.38 Å². The lowest BCUT2D eigenvalue weighted by Gasteiger charge is -2.08. The first kappa shape index (κ1) is 16.5. The molecular weight excluding hydrogens is 328 g/mol. The van der Waals surface area contributed by atoms with Crippen LogP contribution in [0.25, 0.3) is 0 Å². The van der Waals surface area contributed by atoms with E-state index in [1.54, 1.807) is 0 Å². The SMILES string of the molecule is CCCCCCCCCC(Cl)c1sc(C)cc1Br. The zero-order chi connectivity index (χ0) is 13.4. The van der Waals surface area contributed by atoms with E-state index >= 15 is 0 Å². The summed E-state index contributed by atoms with van der Waals surface area (Å²) in [5.74, 6) is 0.